The van der Waals surface area contributed by atoms with Gasteiger partial charge >= 0.3 is 0 Å². The molecule has 2 fully saturated rings. The van der Waals surface area contributed by atoms with E-state index in [4.69, 9.17) is 4.52 Å². The van der Waals surface area contributed by atoms with E-state index in [-0.39, 0.29) is 36.0 Å². The number of para-hydroxylation sites is 1. The average Bonchev–Trinajstić information content (AvgIpc) is 3.53. The Balaban J connectivity index is 0.00000259. The van der Waals surface area contributed by atoms with E-state index in [9.17, 15) is 9.18 Å². The summed E-state index contributed by atoms with van der Waals surface area (Å²) in [5, 5.41) is 9.44. The molecule has 33 heavy (non-hydrogen) atoms. The molecule has 2 aliphatic rings. The highest BCUT2D eigenvalue weighted by Crippen LogP contribution is 2.30. The molecule has 0 N–H and O–H groups in total. The first-order chi connectivity index (χ1) is 15.5. The van der Waals surface area contributed by atoms with Gasteiger partial charge in [-0.3, -0.25) is 4.79 Å². The van der Waals surface area contributed by atoms with Crippen molar-refractivity contribution in [2.24, 2.45) is 5.92 Å². The number of rotatable bonds is 5. The number of halogens is 2. The van der Waals surface area contributed by atoms with Gasteiger partial charge in [-0.05, 0) is 55.9 Å². The van der Waals surface area contributed by atoms with Gasteiger partial charge < -0.3 is 14.3 Å². The Hall–Kier alpha value is -2.52. The fourth-order valence-corrected chi connectivity index (χ4v) is 5.07. The molecule has 8 nitrogen and oxygen atoms in total. The van der Waals surface area contributed by atoms with Crippen molar-refractivity contribution < 1.29 is 13.7 Å². The van der Waals surface area contributed by atoms with Gasteiger partial charge in [0.25, 0.3) is 5.95 Å². The van der Waals surface area contributed by atoms with Gasteiger partial charge in [0, 0.05) is 37.9 Å². The molecule has 3 aromatic rings. The van der Waals surface area contributed by atoms with Crippen molar-refractivity contribution >= 4 is 29.2 Å². The third-order valence-electron chi connectivity index (χ3n) is 6.87. The maximum atomic E-state index is 14.5. The van der Waals surface area contributed by atoms with Gasteiger partial charge in [0.2, 0.25) is 11.8 Å². The number of aryl methyl sites for hydroxylation is 1. The molecule has 0 saturated carbocycles. The van der Waals surface area contributed by atoms with Crippen LogP contribution in [0.1, 0.15) is 50.6 Å². The normalized spacial score (nSPS) is 19.8. The van der Waals surface area contributed by atoms with Gasteiger partial charge in [-0.15, -0.1) is 12.4 Å². The Morgan fingerprint density at radius 3 is 2.70 bits per heavy atom. The fourth-order valence-electron chi connectivity index (χ4n) is 5.07. The van der Waals surface area contributed by atoms with Crippen LogP contribution in [0.4, 0.5) is 4.39 Å². The number of hydrogen-bond donors (Lipinski definition) is 0. The van der Waals surface area contributed by atoms with Crippen molar-refractivity contribution in [1.82, 2.24) is 29.7 Å². The van der Waals surface area contributed by atoms with Gasteiger partial charge in [0.1, 0.15) is 11.3 Å². The van der Waals surface area contributed by atoms with Crippen LogP contribution in [-0.2, 0) is 11.2 Å². The number of carbonyl (C=O) groups is 1. The number of carbonyl (C=O) groups excluding carboxylic acids is 1. The Bertz CT molecular complexity index is 1120. The second-order valence-electron chi connectivity index (χ2n) is 8.98. The highest BCUT2D eigenvalue weighted by atomic mass is 35.5. The summed E-state index contributed by atoms with van der Waals surface area (Å²) in [5.41, 5.74) is 1.21. The summed E-state index contributed by atoms with van der Waals surface area (Å²) in [5.74, 6) is 1.47. The van der Waals surface area contributed by atoms with Crippen LogP contribution < -0.4 is 0 Å². The molecule has 0 aliphatic carbocycles. The topological polar surface area (TPSA) is 80.3 Å². The van der Waals surface area contributed by atoms with E-state index in [0.717, 1.165) is 63.1 Å². The minimum atomic E-state index is -0.343. The molecule has 0 spiro atoms. The van der Waals surface area contributed by atoms with E-state index in [1.54, 1.807) is 13.0 Å². The zero-order valence-electron chi connectivity index (χ0n) is 19.0. The molecule has 2 aromatic heterocycles. The lowest BCUT2D eigenvalue weighted by atomic mass is 9.95. The average molecular weight is 477 g/mol. The monoisotopic (exact) mass is 476 g/mol. The minimum absolute atomic E-state index is 0. The first kappa shape index (κ1) is 23.6. The fraction of sp³-hybridized carbons (Fsp3) is 0.565. The van der Waals surface area contributed by atoms with E-state index in [1.165, 1.54) is 10.7 Å². The van der Waals surface area contributed by atoms with E-state index in [2.05, 4.69) is 20.1 Å². The van der Waals surface area contributed by atoms with E-state index < -0.39 is 0 Å². The predicted molar refractivity (Wildman–Crippen MR) is 124 cm³/mol. The smallest absolute Gasteiger partial charge is 0.291 e. The third-order valence-corrected chi connectivity index (χ3v) is 6.87. The van der Waals surface area contributed by atoms with Crippen molar-refractivity contribution in [3.05, 3.63) is 35.6 Å². The van der Waals surface area contributed by atoms with Crippen molar-refractivity contribution in [3.8, 4) is 5.95 Å². The zero-order chi connectivity index (χ0) is 22.2. The molecule has 4 heterocycles. The molecule has 2 aliphatic heterocycles. The molecule has 1 atom stereocenters. The maximum absolute atomic E-state index is 14.5. The number of nitrogens with zero attached hydrogens (tertiary/aromatic N) is 6. The molecule has 0 bridgehead atoms. The summed E-state index contributed by atoms with van der Waals surface area (Å²) >= 11 is 0. The predicted octanol–water partition coefficient (Wildman–Crippen LogP) is 3.58. The quantitative estimate of drug-likeness (QED) is 0.560. The number of aromatic nitrogens is 4. The summed E-state index contributed by atoms with van der Waals surface area (Å²) in [4.78, 5) is 20.6. The van der Waals surface area contributed by atoms with E-state index in [1.807, 2.05) is 17.9 Å². The number of amides is 1. The van der Waals surface area contributed by atoms with E-state index in [0.29, 0.717) is 23.7 Å². The van der Waals surface area contributed by atoms with Gasteiger partial charge in [-0.2, -0.15) is 14.8 Å². The lowest BCUT2D eigenvalue weighted by Gasteiger charge is -2.32. The summed E-state index contributed by atoms with van der Waals surface area (Å²) in [6.07, 6.45) is 3.67. The standard InChI is InChI=1S/C23H29FN6O2.ClH/c1-3-20-18-5-4-6-19(24)21(18)30(26-20)23-25-22(32-27-23)17-8-10-28(11-9-17)13-16-7-12-29(14-16)15(2)31;/h4-6,16-17H,3,7-14H2,1-2H3;1H/t16-;/m1./s1. The Morgan fingerprint density at radius 2 is 2.00 bits per heavy atom. The van der Waals surface area contributed by atoms with Crippen molar-refractivity contribution in [1.29, 1.82) is 0 Å². The molecule has 10 heteroatoms. The number of benzene rings is 1. The van der Waals surface area contributed by atoms with Crippen LogP contribution in [0.2, 0.25) is 0 Å². The first-order valence-electron chi connectivity index (χ1n) is 11.5. The van der Waals surface area contributed by atoms with Crippen LogP contribution in [0.5, 0.6) is 0 Å². The highest BCUT2D eigenvalue weighted by Gasteiger charge is 2.30. The van der Waals surface area contributed by atoms with Gasteiger partial charge in [0.05, 0.1) is 5.69 Å². The molecule has 0 radical (unpaired) electrons. The molecule has 2 saturated heterocycles. The highest BCUT2D eigenvalue weighted by molar-refractivity contribution is 5.85. The molecule has 5 rings (SSSR count). The maximum Gasteiger partial charge on any atom is 0.291 e. The molecule has 1 amide bonds. The number of hydrogen-bond acceptors (Lipinski definition) is 6. The van der Waals surface area contributed by atoms with Crippen molar-refractivity contribution in [2.45, 2.75) is 45.4 Å². The van der Waals surface area contributed by atoms with Crippen LogP contribution in [0.3, 0.4) is 0 Å². The SMILES string of the molecule is CCc1nn(-c2noc(C3CCN(C[C@H]4CCN(C(C)=O)C4)CC3)n2)c2c(F)cccc12.Cl. The second kappa shape index (κ2) is 9.77. The Morgan fingerprint density at radius 1 is 1.21 bits per heavy atom. The summed E-state index contributed by atoms with van der Waals surface area (Å²) in [7, 11) is 0. The lowest BCUT2D eigenvalue weighted by molar-refractivity contribution is -0.127. The van der Waals surface area contributed by atoms with Crippen LogP contribution in [0.15, 0.2) is 22.7 Å². The van der Waals surface area contributed by atoms with Gasteiger partial charge in [-0.1, -0.05) is 19.1 Å². The van der Waals surface area contributed by atoms with Crippen molar-refractivity contribution in [3.63, 3.8) is 0 Å². The molecular formula is C23H30ClFN6O2. The second-order valence-corrected chi connectivity index (χ2v) is 8.98. The van der Waals surface area contributed by atoms with Gasteiger partial charge in [-0.25, -0.2) is 4.39 Å². The number of fused-ring (bicyclic) bond motifs is 1. The molecule has 1 aromatic carbocycles. The van der Waals surface area contributed by atoms with Crippen LogP contribution in [-0.4, -0.2) is 68.4 Å². The van der Waals surface area contributed by atoms with Crippen LogP contribution >= 0.6 is 12.4 Å². The Labute approximate surface area is 198 Å². The molecule has 0 unspecified atom stereocenters. The first-order valence-corrected chi connectivity index (χ1v) is 11.5. The summed E-state index contributed by atoms with van der Waals surface area (Å²) in [6.45, 7) is 8.37. The summed E-state index contributed by atoms with van der Waals surface area (Å²) < 4.78 is 21.6. The number of piperidine rings is 1. The summed E-state index contributed by atoms with van der Waals surface area (Å²) in [6, 6.07) is 5.00. The molecule has 178 valence electrons. The Kier molecular flexibility index (Phi) is 6.99. The lowest BCUT2D eigenvalue weighted by Crippen LogP contribution is -2.37. The van der Waals surface area contributed by atoms with Crippen LogP contribution in [0, 0.1) is 11.7 Å². The van der Waals surface area contributed by atoms with E-state index >= 15 is 0 Å². The van der Waals surface area contributed by atoms with Crippen LogP contribution in [0.25, 0.3) is 16.9 Å². The molecular weight excluding hydrogens is 447 g/mol. The minimum Gasteiger partial charge on any atom is -0.343 e. The van der Waals surface area contributed by atoms with Crippen molar-refractivity contribution in [2.75, 3.05) is 32.7 Å². The van der Waals surface area contributed by atoms with Gasteiger partial charge in [0.15, 0.2) is 0 Å². The number of likely N-dealkylation sites (tertiary alicyclic amines) is 2. The largest absolute Gasteiger partial charge is 0.343 e. The third kappa shape index (κ3) is 4.61. The zero-order valence-corrected chi connectivity index (χ0v) is 19.9.